The summed E-state index contributed by atoms with van der Waals surface area (Å²) in [5, 5.41) is 13.1. The fourth-order valence-electron chi connectivity index (χ4n) is 2.40. The molecule has 3 heteroatoms. The van der Waals surface area contributed by atoms with E-state index in [-0.39, 0.29) is 12.1 Å². The average molecular weight is 278 g/mol. The number of nitrogens with zero attached hydrogens (tertiary/aromatic N) is 1. The van der Waals surface area contributed by atoms with Gasteiger partial charge in [-0.2, -0.15) is 0 Å². The summed E-state index contributed by atoms with van der Waals surface area (Å²) in [5.41, 5.74) is 2.42. The first-order valence-corrected chi connectivity index (χ1v) is 7.72. The number of aliphatic hydroxyl groups excluding tert-OH is 1. The van der Waals surface area contributed by atoms with Gasteiger partial charge in [0.1, 0.15) is 0 Å². The van der Waals surface area contributed by atoms with E-state index in [4.69, 9.17) is 0 Å². The maximum absolute atomic E-state index is 9.64. The van der Waals surface area contributed by atoms with Crippen molar-refractivity contribution in [1.82, 2.24) is 5.32 Å². The van der Waals surface area contributed by atoms with Gasteiger partial charge in [-0.05, 0) is 51.8 Å². The normalized spacial score (nSPS) is 14.1. The Kier molecular flexibility index (Phi) is 7.03. The van der Waals surface area contributed by atoms with Crippen molar-refractivity contribution in [3.63, 3.8) is 0 Å². The molecule has 0 bridgehead atoms. The van der Waals surface area contributed by atoms with Crippen molar-refractivity contribution >= 4 is 5.69 Å². The molecule has 0 saturated heterocycles. The van der Waals surface area contributed by atoms with E-state index in [1.54, 1.807) is 0 Å². The van der Waals surface area contributed by atoms with Crippen molar-refractivity contribution in [2.45, 2.75) is 46.1 Å². The molecule has 3 nitrogen and oxygen atoms in total. The molecule has 1 unspecified atom stereocenters. The minimum atomic E-state index is -0.188. The fraction of sp³-hybridized carbons (Fsp3) is 0.647. The second-order valence-electron chi connectivity index (χ2n) is 5.76. The molecule has 114 valence electrons. The minimum Gasteiger partial charge on any atom is -0.394 e. The van der Waals surface area contributed by atoms with Crippen LogP contribution in [0.3, 0.4) is 0 Å². The van der Waals surface area contributed by atoms with Crippen LogP contribution in [0, 0.1) is 6.92 Å². The van der Waals surface area contributed by atoms with Gasteiger partial charge in [0, 0.05) is 24.3 Å². The molecule has 0 aromatic heterocycles. The van der Waals surface area contributed by atoms with E-state index in [0.717, 1.165) is 32.5 Å². The highest BCUT2D eigenvalue weighted by Gasteiger charge is 2.23. The molecule has 1 rings (SSSR count). The van der Waals surface area contributed by atoms with Crippen molar-refractivity contribution < 1.29 is 5.11 Å². The number of aryl methyl sites for hydroxylation is 1. The van der Waals surface area contributed by atoms with Crippen LogP contribution in [0.25, 0.3) is 0 Å². The van der Waals surface area contributed by atoms with Crippen LogP contribution in [0.2, 0.25) is 0 Å². The summed E-state index contributed by atoms with van der Waals surface area (Å²) >= 11 is 0. The molecule has 0 fully saturated rings. The monoisotopic (exact) mass is 278 g/mol. The highest BCUT2D eigenvalue weighted by molar-refractivity contribution is 5.52. The smallest absolute Gasteiger partial charge is 0.0611 e. The first kappa shape index (κ1) is 17.0. The lowest BCUT2D eigenvalue weighted by molar-refractivity contribution is 0.167. The number of aliphatic hydroxyl groups is 1. The quantitative estimate of drug-likeness (QED) is 0.729. The summed E-state index contributed by atoms with van der Waals surface area (Å²) in [6.45, 7) is 11.7. The zero-order valence-electron chi connectivity index (χ0n) is 13.4. The molecule has 0 spiro atoms. The maximum Gasteiger partial charge on any atom is 0.0611 e. The SMILES string of the molecule is CCCNC(C)(CO)CCN(CC)c1ccccc1C. The van der Waals surface area contributed by atoms with Crippen LogP contribution >= 0.6 is 0 Å². The van der Waals surface area contributed by atoms with Gasteiger partial charge in [-0.3, -0.25) is 0 Å². The summed E-state index contributed by atoms with van der Waals surface area (Å²) < 4.78 is 0. The third-order valence-corrected chi connectivity index (χ3v) is 3.92. The predicted octanol–water partition coefficient (Wildman–Crippen LogP) is 2.96. The number of benzene rings is 1. The van der Waals surface area contributed by atoms with E-state index >= 15 is 0 Å². The van der Waals surface area contributed by atoms with Gasteiger partial charge in [0.15, 0.2) is 0 Å². The Labute approximate surface area is 124 Å². The Hall–Kier alpha value is -1.06. The van der Waals surface area contributed by atoms with Crippen molar-refractivity contribution in [3.8, 4) is 0 Å². The standard InChI is InChI=1S/C17H30N2O/c1-5-12-18-17(4,14-20)11-13-19(6-2)16-10-8-7-9-15(16)3/h7-10,18,20H,5-6,11-14H2,1-4H3. The van der Waals surface area contributed by atoms with Crippen LogP contribution in [0.1, 0.15) is 39.2 Å². The van der Waals surface area contributed by atoms with Crippen LogP contribution in [-0.4, -0.2) is 36.9 Å². The Morgan fingerprint density at radius 2 is 1.95 bits per heavy atom. The molecular weight excluding hydrogens is 248 g/mol. The van der Waals surface area contributed by atoms with E-state index in [2.05, 4.69) is 62.2 Å². The van der Waals surface area contributed by atoms with Gasteiger partial charge in [-0.25, -0.2) is 0 Å². The molecule has 1 aromatic rings. The molecular formula is C17H30N2O. The van der Waals surface area contributed by atoms with E-state index in [0.29, 0.717) is 0 Å². The molecule has 2 N–H and O–H groups in total. The van der Waals surface area contributed by atoms with Gasteiger partial charge in [0.2, 0.25) is 0 Å². The summed E-state index contributed by atoms with van der Waals surface area (Å²) in [5.74, 6) is 0. The highest BCUT2D eigenvalue weighted by Crippen LogP contribution is 2.21. The molecule has 0 amide bonds. The van der Waals surface area contributed by atoms with Crippen LogP contribution in [0.15, 0.2) is 24.3 Å². The molecule has 0 aliphatic carbocycles. The topological polar surface area (TPSA) is 35.5 Å². The summed E-state index contributed by atoms with van der Waals surface area (Å²) in [7, 11) is 0. The first-order valence-electron chi connectivity index (χ1n) is 7.72. The van der Waals surface area contributed by atoms with Crippen molar-refractivity contribution in [1.29, 1.82) is 0 Å². The van der Waals surface area contributed by atoms with Crippen LogP contribution < -0.4 is 10.2 Å². The second kappa shape index (κ2) is 8.28. The van der Waals surface area contributed by atoms with Gasteiger partial charge in [-0.15, -0.1) is 0 Å². The molecule has 0 aliphatic heterocycles. The number of nitrogens with one attached hydrogen (secondary N) is 1. The summed E-state index contributed by atoms with van der Waals surface area (Å²) in [6.07, 6.45) is 2.02. The van der Waals surface area contributed by atoms with Crippen LogP contribution in [0.5, 0.6) is 0 Å². The lowest BCUT2D eigenvalue weighted by atomic mass is 9.98. The highest BCUT2D eigenvalue weighted by atomic mass is 16.3. The van der Waals surface area contributed by atoms with Gasteiger partial charge >= 0.3 is 0 Å². The van der Waals surface area contributed by atoms with E-state index < -0.39 is 0 Å². The maximum atomic E-state index is 9.64. The van der Waals surface area contributed by atoms with Crippen LogP contribution in [0.4, 0.5) is 5.69 Å². The van der Waals surface area contributed by atoms with Gasteiger partial charge in [-0.1, -0.05) is 25.1 Å². The largest absolute Gasteiger partial charge is 0.394 e. The Morgan fingerprint density at radius 1 is 1.25 bits per heavy atom. The van der Waals surface area contributed by atoms with Gasteiger partial charge < -0.3 is 15.3 Å². The lowest BCUT2D eigenvalue weighted by Crippen LogP contribution is -2.48. The molecule has 0 heterocycles. The van der Waals surface area contributed by atoms with E-state index in [1.165, 1.54) is 11.3 Å². The van der Waals surface area contributed by atoms with Gasteiger partial charge in [0.25, 0.3) is 0 Å². The van der Waals surface area contributed by atoms with E-state index in [9.17, 15) is 5.11 Å². The number of rotatable bonds is 9. The lowest BCUT2D eigenvalue weighted by Gasteiger charge is -2.33. The molecule has 1 atom stereocenters. The number of hydrogen-bond acceptors (Lipinski definition) is 3. The molecule has 1 aromatic carbocycles. The Bertz CT molecular complexity index is 394. The molecule has 0 radical (unpaired) electrons. The zero-order valence-corrected chi connectivity index (χ0v) is 13.4. The number of para-hydroxylation sites is 1. The third kappa shape index (κ3) is 4.80. The third-order valence-electron chi connectivity index (χ3n) is 3.92. The van der Waals surface area contributed by atoms with Crippen molar-refractivity contribution in [2.24, 2.45) is 0 Å². The van der Waals surface area contributed by atoms with Crippen LogP contribution in [-0.2, 0) is 0 Å². The molecule has 0 saturated carbocycles. The zero-order chi connectivity index (χ0) is 15.0. The van der Waals surface area contributed by atoms with Gasteiger partial charge in [0.05, 0.1) is 6.61 Å². The first-order chi connectivity index (χ1) is 9.56. The Balaban J connectivity index is 2.67. The summed E-state index contributed by atoms with van der Waals surface area (Å²) in [4.78, 5) is 2.39. The molecule has 0 aliphatic rings. The van der Waals surface area contributed by atoms with Crippen molar-refractivity contribution in [3.05, 3.63) is 29.8 Å². The minimum absolute atomic E-state index is 0.179. The fourth-order valence-corrected chi connectivity index (χ4v) is 2.40. The average Bonchev–Trinajstić information content (AvgIpc) is 2.47. The number of anilines is 1. The predicted molar refractivity (Wildman–Crippen MR) is 87.5 cm³/mol. The molecule has 20 heavy (non-hydrogen) atoms. The van der Waals surface area contributed by atoms with Crippen molar-refractivity contribution in [2.75, 3.05) is 31.1 Å². The number of hydrogen-bond donors (Lipinski definition) is 2. The van der Waals surface area contributed by atoms with E-state index in [1.807, 2.05) is 0 Å². The Morgan fingerprint density at radius 3 is 2.50 bits per heavy atom. The second-order valence-corrected chi connectivity index (χ2v) is 5.76. The summed E-state index contributed by atoms with van der Waals surface area (Å²) in [6, 6.07) is 8.49.